The summed E-state index contributed by atoms with van der Waals surface area (Å²) >= 11 is 0. The highest BCUT2D eigenvalue weighted by Gasteiger charge is 2.26. The lowest BCUT2D eigenvalue weighted by Crippen LogP contribution is -2.43. The summed E-state index contributed by atoms with van der Waals surface area (Å²) < 4.78 is 13.6. The predicted molar refractivity (Wildman–Crippen MR) is 109 cm³/mol. The van der Waals surface area contributed by atoms with Gasteiger partial charge in [-0.2, -0.15) is 0 Å². The number of nitrogens with one attached hydrogen (secondary N) is 2. The van der Waals surface area contributed by atoms with Crippen LogP contribution in [0.15, 0.2) is 42.5 Å². The van der Waals surface area contributed by atoms with Crippen molar-refractivity contribution < 1.29 is 19.1 Å². The van der Waals surface area contributed by atoms with Crippen LogP contribution in [0.2, 0.25) is 0 Å². The molecule has 1 aliphatic heterocycles. The SMILES string of the molecule is Cc1ccc(CNC(=O)CN2CCC(C(=O)Nc3ccccc3O)CC2)cc1F. The molecule has 1 aliphatic rings. The van der Waals surface area contributed by atoms with E-state index >= 15 is 0 Å². The van der Waals surface area contributed by atoms with Crippen LogP contribution >= 0.6 is 0 Å². The number of rotatable bonds is 6. The zero-order valence-electron chi connectivity index (χ0n) is 16.5. The zero-order chi connectivity index (χ0) is 20.8. The van der Waals surface area contributed by atoms with E-state index in [2.05, 4.69) is 10.6 Å². The van der Waals surface area contributed by atoms with E-state index in [1.807, 2.05) is 4.90 Å². The van der Waals surface area contributed by atoms with Crippen molar-refractivity contribution in [3.8, 4) is 5.75 Å². The number of phenols is 1. The summed E-state index contributed by atoms with van der Waals surface area (Å²) in [6.07, 6.45) is 1.30. The van der Waals surface area contributed by atoms with Gasteiger partial charge >= 0.3 is 0 Å². The van der Waals surface area contributed by atoms with Crippen LogP contribution in [-0.4, -0.2) is 41.5 Å². The number of nitrogens with zero attached hydrogens (tertiary/aromatic N) is 1. The summed E-state index contributed by atoms with van der Waals surface area (Å²) in [4.78, 5) is 26.6. The van der Waals surface area contributed by atoms with Gasteiger partial charge < -0.3 is 15.7 Å². The number of amides is 2. The Bertz CT molecular complexity index is 879. The van der Waals surface area contributed by atoms with Crippen LogP contribution in [0.25, 0.3) is 0 Å². The van der Waals surface area contributed by atoms with Crippen molar-refractivity contribution in [2.45, 2.75) is 26.3 Å². The Hall–Kier alpha value is -2.93. The summed E-state index contributed by atoms with van der Waals surface area (Å²) in [6, 6.07) is 11.6. The van der Waals surface area contributed by atoms with Crippen LogP contribution in [0, 0.1) is 18.7 Å². The maximum Gasteiger partial charge on any atom is 0.234 e. The minimum absolute atomic E-state index is 0.0448. The van der Waals surface area contributed by atoms with Gasteiger partial charge in [0.1, 0.15) is 11.6 Å². The van der Waals surface area contributed by atoms with Gasteiger partial charge in [0.15, 0.2) is 0 Å². The van der Waals surface area contributed by atoms with Crippen molar-refractivity contribution >= 4 is 17.5 Å². The largest absolute Gasteiger partial charge is 0.506 e. The average Bonchev–Trinajstić information content (AvgIpc) is 2.71. The molecule has 1 saturated heterocycles. The monoisotopic (exact) mass is 399 g/mol. The number of aryl methyl sites for hydroxylation is 1. The molecule has 1 heterocycles. The van der Waals surface area contributed by atoms with Gasteiger partial charge in [-0.25, -0.2) is 4.39 Å². The van der Waals surface area contributed by atoms with Crippen LogP contribution < -0.4 is 10.6 Å². The zero-order valence-corrected chi connectivity index (χ0v) is 16.5. The quantitative estimate of drug-likeness (QED) is 0.653. The van der Waals surface area contributed by atoms with E-state index in [4.69, 9.17) is 0 Å². The predicted octanol–water partition coefficient (Wildman–Crippen LogP) is 2.81. The number of likely N-dealkylation sites (tertiary alicyclic amines) is 1. The molecule has 2 aromatic carbocycles. The smallest absolute Gasteiger partial charge is 0.234 e. The minimum atomic E-state index is -0.277. The summed E-state index contributed by atoms with van der Waals surface area (Å²) in [5.74, 6) is -0.617. The van der Waals surface area contributed by atoms with Gasteiger partial charge in [0.25, 0.3) is 0 Å². The Kier molecular flexibility index (Phi) is 6.82. The second-order valence-corrected chi connectivity index (χ2v) is 7.42. The number of halogens is 1. The summed E-state index contributed by atoms with van der Waals surface area (Å²) in [7, 11) is 0. The molecule has 0 spiro atoms. The van der Waals surface area contributed by atoms with Gasteiger partial charge in [-0.15, -0.1) is 0 Å². The lowest BCUT2D eigenvalue weighted by Gasteiger charge is -2.30. The first kappa shape index (κ1) is 20.8. The number of anilines is 1. The molecule has 0 unspecified atom stereocenters. The first-order valence-electron chi connectivity index (χ1n) is 9.75. The standard InChI is InChI=1S/C22H26FN3O3/c1-15-6-7-16(12-18(15)23)13-24-21(28)14-26-10-8-17(9-11-26)22(29)25-19-4-2-3-5-20(19)27/h2-7,12,17,27H,8-11,13-14H2,1H3,(H,24,28)(H,25,29). The van der Waals surface area contributed by atoms with Crippen LogP contribution in [0.4, 0.5) is 10.1 Å². The van der Waals surface area contributed by atoms with E-state index in [0.717, 1.165) is 5.56 Å². The molecular weight excluding hydrogens is 373 g/mol. The molecule has 154 valence electrons. The molecule has 0 atom stereocenters. The number of carbonyl (C=O) groups excluding carboxylic acids is 2. The Balaban J connectivity index is 1.41. The fraction of sp³-hybridized carbons (Fsp3) is 0.364. The second-order valence-electron chi connectivity index (χ2n) is 7.42. The molecule has 6 nitrogen and oxygen atoms in total. The maximum absolute atomic E-state index is 13.6. The molecule has 1 fully saturated rings. The number of benzene rings is 2. The number of aromatic hydroxyl groups is 1. The van der Waals surface area contributed by atoms with E-state index in [-0.39, 0.29) is 42.4 Å². The van der Waals surface area contributed by atoms with Crippen LogP contribution in [0.1, 0.15) is 24.0 Å². The molecule has 2 amide bonds. The van der Waals surface area contributed by atoms with E-state index in [1.54, 1.807) is 37.3 Å². The molecule has 0 aliphatic carbocycles. The number of hydrogen-bond donors (Lipinski definition) is 3. The van der Waals surface area contributed by atoms with E-state index < -0.39 is 0 Å². The number of hydrogen-bond acceptors (Lipinski definition) is 4. The van der Waals surface area contributed by atoms with E-state index in [1.165, 1.54) is 12.1 Å². The fourth-order valence-corrected chi connectivity index (χ4v) is 3.37. The first-order chi connectivity index (χ1) is 13.9. The molecule has 0 bridgehead atoms. The van der Waals surface area contributed by atoms with Crippen molar-refractivity contribution in [3.05, 3.63) is 59.4 Å². The van der Waals surface area contributed by atoms with Crippen LogP contribution in [0.3, 0.4) is 0 Å². The molecule has 0 radical (unpaired) electrons. The third-order valence-electron chi connectivity index (χ3n) is 5.21. The molecule has 3 rings (SSSR count). The highest BCUT2D eigenvalue weighted by molar-refractivity contribution is 5.93. The molecule has 7 heteroatoms. The van der Waals surface area contributed by atoms with Gasteiger partial charge in [-0.3, -0.25) is 14.5 Å². The summed E-state index contributed by atoms with van der Waals surface area (Å²) in [6.45, 7) is 3.53. The van der Waals surface area contributed by atoms with Crippen molar-refractivity contribution in [3.63, 3.8) is 0 Å². The Morgan fingerprint density at radius 1 is 1.17 bits per heavy atom. The van der Waals surface area contributed by atoms with Gasteiger partial charge in [-0.05, 0) is 62.2 Å². The summed E-state index contributed by atoms with van der Waals surface area (Å²) in [5, 5.41) is 15.3. The highest BCUT2D eigenvalue weighted by atomic mass is 19.1. The van der Waals surface area contributed by atoms with Gasteiger partial charge in [-0.1, -0.05) is 24.3 Å². The topological polar surface area (TPSA) is 81.7 Å². The lowest BCUT2D eigenvalue weighted by atomic mass is 9.95. The Labute approximate surface area is 169 Å². The number of para-hydroxylation sites is 2. The number of piperidine rings is 1. The number of phenolic OH excluding ortho intramolecular Hbond substituents is 1. The molecule has 2 aromatic rings. The van der Waals surface area contributed by atoms with Gasteiger partial charge in [0.05, 0.1) is 12.2 Å². The first-order valence-corrected chi connectivity index (χ1v) is 9.75. The van der Waals surface area contributed by atoms with Crippen molar-refractivity contribution in [2.24, 2.45) is 5.92 Å². The molecule has 29 heavy (non-hydrogen) atoms. The van der Waals surface area contributed by atoms with Crippen molar-refractivity contribution in [1.82, 2.24) is 10.2 Å². The Morgan fingerprint density at radius 2 is 1.90 bits per heavy atom. The third-order valence-corrected chi connectivity index (χ3v) is 5.21. The Morgan fingerprint density at radius 3 is 2.59 bits per heavy atom. The van der Waals surface area contributed by atoms with Gasteiger partial charge in [0, 0.05) is 12.5 Å². The van der Waals surface area contributed by atoms with Crippen LogP contribution in [-0.2, 0) is 16.1 Å². The fourth-order valence-electron chi connectivity index (χ4n) is 3.37. The molecule has 0 saturated carbocycles. The molecular formula is C22H26FN3O3. The van der Waals surface area contributed by atoms with E-state index in [9.17, 15) is 19.1 Å². The second kappa shape index (κ2) is 9.52. The van der Waals surface area contributed by atoms with Crippen molar-refractivity contribution in [1.29, 1.82) is 0 Å². The van der Waals surface area contributed by atoms with Gasteiger partial charge in [0.2, 0.25) is 11.8 Å². The number of carbonyl (C=O) groups is 2. The molecule has 0 aromatic heterocycles. The normalized spacial score (nSPS) is 15.1. The van der Waals surface area contributed by atoms with E-state index in [0.29, 0.717) is 37.2 Å². The third kappa shape index (κ3) is 5.77. The lowest BCUT2D eigenvalue weighted by molar-refractivity contribution is -0.123. The van der Waals surface area contributed by atoms with Crippen LogP contribution in [0.5, 0.6) is 5.75 Å². The summed E-state index contributed by atoms with van der Waals surface area (Å²) in [5.41, 5.74) is 1.71. The van der Waals surface area contributed by atoms with Crippen molar-refractivity contribution in [2.75, 3.05) is 25.0 Å². The maximum atomic E-state index is 13.6. The highest BCUT2D eigenvalue weighted by Crippen LogP contribution is 2.24. The minimum Gasteiger partial charge on any atom is -0.506 e. The average molecular weight is 399 g/mol. The molecule has 3 N–H and O–H groups in total.